The number of likely N-dealkylation sites (tertiary alicyclic amines) is 1. The first kappa shape index (κ1) is 13.3. The maximum absolute atomic E-state index is 5.81. The molecule has 0 amide bonds. The summed E-state index contributed by atoms with van der Waals surface area (Å²) in [5.41, 5.74) is 5.59. The van der Waals surface area contributed by atoms with Crippen LogP contribution in [0.15, 0.2) is 0 Å². The Morgan fingerprint density at radius 1 is 1.18 bits per heavy atom. The largest absolute Gasteiger partial charge is 0.377 e. The molecule has 0 radical (unpaired) electrons. The highest BCUT2D eigenvalue weighted by molar-refractivity contribution is 4.76. The average molecular weight is 242 g/mol. The first-order valence-electron chi connectivity index (χ1n) is 6.93. The summed E-state index contributed by atoms with van der Waals surface area (Å²) in [6.07, 6.45) is 6.67. The summed E-state index contributed by atoms with van der Waals surface area (Å²) >= 11 is 0. The first-order chi connectivity index (χ1) is 8.29. The fourth-order valence-corrected chi connectivity index (χ4v) is 2.77. The minimum Gasteiger partial charge on any atom is -0.377 e. The third kappa shape index (κ3) is 3.91. The van der Waals surface area contributed by atoms with Gasteiger partial charge in [-0.3, -0.25) is 0 Å². The molecule has 0 spiro atoms. The van der Waals surface area contributed by atoms with E-state index in [2.05, 4.69) is 11.9 Å². The van der Waals surface area contributed by atoms with Crippen LogP contribution in [-0.4, -0.2) is 56.5 Å². The van der Waals surface area contributed by atoms with Gasteiger partial charge in [-0.05, 0) is 39.3 Å². The van der Waals surface area contributed by atoms with E-state index in [0.29, 0.717) is 12.6 Å². The summed E-state index contributed by atoms with van der Waals surface area (Å²) in [4.78, 5) is 2.42. The summed E-state index contributed by atoms with van der Waals surface area (Å²) in [5, 5.41) is 0. The molecular weight excluding hydrogens is 216 g/mol. The van der Waals surface area contributed by atoms with Crippen molar-refractivity contribution < 1.29 is 9.47 Å². The molecule has 2 rings (SSSR count). The van der Waals surface area contributed by atoms with Gasteiger partial charge < -0.3 is 20.1 Å². The minimum absolute atomic E-state index is 0.265. The predicted octanol–water partition coefficient (Wildman–Crippen LogP) is 0.994. The van der Waals surface area contributed by atoms with Crippen LogP contribution in [0.5, 0.6) is 0 Å². The number of rotatable bonds is 5. The van der Waals surface area contributed by atoms with Crippen LogP contribution in [0.1, 0.15) is 32.1 Å². The molecule has 2 aliphatic heterocycles. The summed E-state index contributed by atoms with van der Waals surface area (Å²) in [6.45, 7) is 3.44. The van der Waals surface area contributed by atoms with E-state index in [1.54, 1.807) is 0 Å². The number of piperidine rings is 1. The van der Waals surface area contributed by atoms with Crippen LogP contribution in [-0.2, 0) is 9.47 Å². The van der Waals surface area contributed by atoms with E-state index in [4.69, 9.17) is 15.2 Å². The zero-order chi connectivity index (χ0) is 12.1. The minimum atomic E-state index is 0.265. The van der Waals surface area contributed by atoms with Crippen molar-refractivity contribution in [3.63, 3.8) is 0 Å². The van der Waals surface area contributed by atoms with Crippen LogP contribution < -0.4 is 5.73 Å². The zero-order valence-corrected chi connectivity index (χ0v) is 10.9. The monoisotopic (exact) mass is 242 g/mol. The second-order valence-electron chi connectivity index (χ2n) is 5.36. The Labute approximate surface area is 104 Å². The van der Waals surface area contributed by atoms with Crippen molar-refractivity contribution in [3.8, 4) is 0 Å². The molecule has 2 N–H and O–H groups in total. The van der Waals surface area contributed by atoms with E-state index >= 15 is 0 Å². The van der Waals surface area contributed by atoms with Crippen molar-refractivity contribution >= 4 is 0 Å². The Morgan fingerprint density at radius 3 is 2.71 bits per heavy atom. The Kier molecular flexibility index (Phi) is 5.22. The van der Waals surface area contributed by atoms with E-state index < -0.39 is 0 Å². The average Bonchev–Trinajstić information content (AvgIpc) is 2.80. The summed E-state index contributed by atoms with van der Waals surface area (Å²) < 4.78 is 11.6. The molecule has 4 heteroatoms. The summed E-state index contributed by atoms with van der Waals surface area (Å²) in [7, 11) is 2.20. The van der Waals surface area contributed by atoms with Crippen LogP contribution in [0.3, 0.4) is 0 Å². The Bertz CT molecular complexity index is 225. The second kappa shape index (κ2) is 6.69. The molecule has 100 valence electrons. The van der Waals surface area contributed by atoms with Gasteiger partial charge in [-0.25, -0.2) is 0 Å². The molecule has 2 saturated heterocycles. The van der Waals surface area contributed by atoms with Crippen molar-refractivity contribution in [3.05, 3.63) is 0 Å². The molecule has 0 aromatic carbocycles. The maximum atomic E-state index is 5.81. The van der Waals surface area contributed by atoms with E-state index in [1.807, 2.05) is 0 Å². The first-order valence-corrected chi connectivity index (χ1v) is 6.93. The lowest BCUT2D eigenvalue weighted by atomic mass is 10.0. The van der Waals surface area contributed by atoms with E-state index in [1.165, 1.54) is 25.8 Å². The number of nitrogens with zero attached hydrogens (tertiary/aromatic N) is 1. The standard InChI is InChI=1S/C13H26N2O2/c1-15-7-3-2-4-11(15)9-16-10-13-6-5-12(8-14)17-13/h11-13H,2-10,14H2,1H3. The lowest BCUT2D eigenvalue weighted by molar-refractivity contribution is -0.0283. The maximum Gasteiger partial charge on any atom is 0.0813 e. The number of nitrogens with two attached hydrogens (primary N) is 1. The van der Waals surface area contributed by atoms with Gasteiger partial charge >= 0.3 is 0 Å². The van der Waals surface area contributed by atoms with Crippen molar-refractivity contribution in [1.82, 2.24) is 4.90 Å². The lowest BCUT2D eigenvalue weighted by Crippen LogP contribution is -2.40. The van der Waals surface area contributed by atoms with E-state index in [0.717, 1.165) is 26.1 Å². The summed E-state index contributed by atoms with van der Waals surface area (Å²) in [6, 6.07) is 0.607. The third-order valence-electron chi connectivity index (χ3n) is 3.99. The number of ether oxygens (including phenoxy) is 2. The van der Waals surface area contributed by atoms with Gasteiger partial charge in [0, 0.05) is 12.6 Å². The SMILES string of the molecule is CN1CCCCC1COCC1CCC(CN)O1. The van der Waals surface area contributed by atoms with Gasteiger partial charge in [-0.2, -0.15) is 0 Å². The molecule has 2 fully saturated rings. The lowest BCUT2D eigenvalue weighted by Gasteiger charge is -2.32. The van der Waals surface area contributed by atoms with Crippen molar-refractivity contribution in [2.45, 2.75) is 50.4 Å². The van der Waals surface area contributed by atoms with Crippen molar-refractivity contribution in [1.29, 1.82) is 0 Å². The molecule has 0 aliphatic carbocycles. The highest BCUT2D eigenvalue weighted by Gasteiger charge is 2.25. The summed E-state index contributed by atoms with van der Waals surface area (Å²) in [5.74, 6) is 0. The molecule has 2 aliphatic rings. The molecule has 4 nitrogen and oxygen atoms in total. The highest BCUT2D eigenvalue weighted by atomic mass is 16.5. The highest BCUT2D eigenvalue weighted by Crippen LogP contribution is 2.20. The van der Waals surface area contributed by atoms with Gasteiger partial charge in [0.25, 0.3) is 0 Å². The quantitative estimate of drug-likeness (QED) is 0.781. The second-order valence-corrected chi connectivity index (χ2v) is 5.36. The fraction of sp³-hybridized carbons (Fsp3) is 1.00. The number of hydrogen-bond donors (Lipinski definition) is 1. The predicted molar refractivity (Wildman–Crippen MR) is 68.0 cm³/mol. The van der Waals surface area contributed by atoms with Crippen LogP contribution >= 0.6 is 0 Å². The van der Waals surface area contributed by atoms with Gasteiger partial charge in [0.1, 0.15) is 0 Å². The molecule has 17 heavy (non-hydrogen) atoms. The smallest absolute Gasteiger partial charge is 0.0813 e. The molecule has 3 atom stereocenters. The third-order valence-corrected chi connectivity index (χ3v) is 3.99. The van der Waals surface area contributed by atoms with Crippen LogP contribution in [0.2, 0.25) is 0 Å². The normalized spacial score (nSPS) is 35.3. The van der Waals surface area contributed by atoms with Crippen molar-refractivity contribution in [2.75, 3.05) is 33.4 Å². The molecule has 0 aromatic heterocycles. The van der Waals surface area contributed by atoms with Gasteiger partial charge in [-0.15, -0.1) is 0 Å². The fourth-order valence-electron chi connectivity index (χ4n) is 2.77. The van der Waals surface area contributed by atoms with Crippen LogP contribution in [0.4, 0.5) is 0 Å². The molecule has 0 bridgehead atoms. The Hall–Kier alpha value is -0.160. The van der Waals surface area contributed by atoms with Crippen LogP contribution in [0, 0.1) is 0 Å². The molecule has 0 saturated carbocycles. The molecular formula is C13H26N2O2. The van der Waals surface area contributed by atoms with E-state index in [9.17, 15) is 0 Å². The van der Waals surface area contributed by atoms with Gasteiger partial charge in [-0.1, -0.05) is 6.42 Å². The van der Waals surface area contributed by atoms with E-state index in [-0.39, 0.29) is 12.2 Å². The van der Waals surface area contributed by atoms with Gasteiger partial charge in [0.2, 0.25) is 0 Å². The topological polar surface area (TPSA) is 47.7 Å². The number of hydrogen-bond acceptors (Lipinski definition) is 4. The Morgan fingerprint density at radius 2 is 2.00 bits per heavy atom. The zero-order valence-electron chi connectivity index (χ0n) is 10.9. The van der Waals surface area contributed by atoms with Gasteiger partial charge in [0.05, 0.1) is 25.4 Å². The molecule has 0 aromatic rings. The molecule has 2 heterocycles. The number of likely N-dealkylation sites (N-methyl/N-ethyl adjacent to an activating group) is 1. The van der Waals surface area contributed by atoms with Crippen LogP contribution in [0.25, 0.3) is 0 Å². The molecule has 3 unspecified atom stereocenters. The van der Waals surface area contributed by atoms with Crippen molar-refractivity contribution in [2.24, 2.45) is 5.73 Å². The van der Waals surface area contributed by atoms with Gasteiger partial charge in [0.15, 0.2) is 0 Å². The Balaban J connectivity index is 1.59.